The molecule has 0 N–H and O–H groups in total. The van der Waals surface area contributed by atoms with E-state index in [1.54, 1.807) is 6.08 Å². The van der Waals surface area contributed by atoms with E-state index in [-0.39, 0.29) is 5.54 Å². The molecule has 0 radical (unpaired) electrons. The molecule has 1 saturated heterocycles. The van der Waals surface area contributed by atoms with Gasteiger partial charge in [-0.1, -0.05) is 37.1 Å². The van der Waals surface area contributed by atoms with E-state index in [9.17, 15) is 4.79 Å². The summed E-state index contributed by atoms with van der Waals surface area (Å²) < 4.78 is 0. The van der Waals surface area contributed by atoms with Crippen LogP contribution < -0.4 is 0 Å². The maximum absolute atomic E-state index is 10.7. The molecular formula is C17H22N2O. The normalized spacial score (nSPS) is 21.8. The maximum Gasteiger partial charge on any atom is 0.235 e. The minimum Gasteiger partial charge on any atom is -0.299 e. The van der Waals surface area contributed by atoms with E-state index in [0.29, 0.717) is 0 Å². The number of benzene rings is 1. The Bertz CT molecular complexity index is 490. The predicted octanol–water partition coefficient (Wildman–Crippen LogP) is 3.39. The number of hydrogen-bond acceptors (Lipinski definition) is 3. The number of rotatable bonds is 4. The first-order chi connectivity index (χ1) is 9.82. The number of hydrogen-bond donors (Lipinski definition) is 0. The summed E-state index contributed by atoms with van der Waals surface area (Å²) in [7, 11) is 0. The molecule has 1 aliphatic carbocycles. The lowest BCUT2D eigenvalue weighted by Gasteiger charge is -2.23. The van der Waals surface area contributed by atoms with E-state index < -0.39 is 0 Å². The Kier molecular flexibility index (Phi) is 4.00. The highest BCUT2D eigenvalue weighted by Gasteiger charge is 2.35. The lowest BCUT2D eigenvalue weighted by molar-refractivity contribution is 0.331. The molecule has 0 aromatic heterocycles. The zero-order valence-electron chi connectivity index (χ0n) is 12.0. The van der Waals surface area contributed by atoms with Gasteiger partial charge in [0.1, 0.15) is 0 Å². The SMILES string of the molecule is O=C=NC1(c2ccc(CN3CCCC3)cc2)CCCC1. The molecule has 2 fully saturated rings. The van der Waals surface area contributed by atoms with E-state index in [1.165, 1.54) is 37.1 Å². The van der Waals surface area contributed by atoms with Crippen LogP contribution in [0.3, 0.4) is 0 Å². The van der Waals surface area contributed by atoms with Crippen LogP contribution in [0.15, 0.2) is 29.3 Å². The monoisotopic (exact) mass is 270 g/mol. The Labute approximate surface area is 120 Å². The molecular weight excluding hydrogens is 248 g/mol. The van der Waals surface area contributed by atoms with Gasteiger partial charge in [0.25, 0.3) is 0 Å². The molecule has 1 aliphatic heterocycles. The van der Waals surface area contributed by atoms with Gasteiger partial charge in [-0.05, 0) is 49.9 Å². The van der Waals surface area contributed by atoms with Crippen molar-refractivity contribution in [3.05, 3.63) is 35.4 Å². The van der Waals surface area contributed by atoms with Gasteiger partial charge in [-0.3, -0.25) is 4.90 Å². The van der Waals surface area contributed by atoms with Gasteiger partial charge in [-0.15, -0.1) is 0 Å². The summed E-state index contributed by atoms with van der Waals surface area (Å²) in [5.41, 5.74) is 2.26. The number of nitrogens with zero attached hydrogens (tertiary/aromatic N) is 2. The van der Waals surface area contributed by atoms with Crippen molar-refractivity contribution >= 4 is 6.08 Å². The molecule has 1 saturated carbocycles. The summed E-state index contributed by atoms with van der Waals surface area (Å²) in [6, 6.07) is 8.73. The zero-order chi connectivity index (χ0) is 13.8. The molecule has 3 rings (SSSR count). The minimum atomic E-state index is -0.284. The van der Waals surface area contributed by atoms with Gasteiger partial charge in [0, 0.05) is 6.54 Å². The Morgan fingerprint density at radius 1 is 1.05 bits per heavy atom. The van der Waals surface area contributed by atoms with Crippen LogP contribution >= 0.6 is 0 Å². The largest absolute Gasteiger partial charge is 0.299 e. The van der Waals surface area contributed by atoms with Gasteiger partial charge >= 0.3 is 0 Å². The predicted molar refractivity (Wildman–Crippen MR) is 79.2 cm³/mol. The smallest absolute Gasteiger partial charge is 0.235 e. The first kappa shape index (κ1) is 13.5. The van der Waals surface area contributed by atoms with E-state index in [4.69, 9.17) is 0 Å². The number of aliphatic imine (C=N–C) groups is 1. The molecule has 3 nitrogen and oxygen atoms in total. The van der Waals surface area contributed by atoms with E-state index in [0.717, 1.165) is 32.2 Å². The topological polar surface area (TPSA) is 32.7 Å². The average molecular weight is 270 g/mol. The van der Waals surface area contributed by atoms with Crippen LogP contribution in [-0.2, 0) is 16.9 Å². The minimum absolute atomic E-state index is 0.284. The number of carbonyl (C=O) groups excluding carboxylic acids is 1. The molecule has 1 aromatic carbocycles. The van der Waals surface area contributed by atoms with Crippen LogP contribution in [0.1, 0.15) is 49.7 Å². The van der Waals surface area contributed by atoms with Crippen molar-refractivity contribution in [3.63, 3.8) is 0 Å². The molecule has 0 unspecified atom stereocenters. The Hall–Kier alpha value is -1.44. The summed E-state index contributed by atoms with van der Waals surface area (Å²) in [5, 5.41) is 0. The quantitative estimate of drug-likeness (QED) is 0.620. The lowest BCUT2D eigenvalue weighted by atomic mass is 9.88. The van der Waals surface area contributed by atoms with Crippen molar-refractivity contribution < 1.29 is 4.79 Å². The summed E-state index contributed by atoms with van der Waals surface area (Å²) in [6.45, 7) is 3.49. The third kappa shape index (κ3) is 2.70. The van der Waals surface area contributed by atoms with Gasteiger partial charge in [-0.25, -0.2) is 4.79 Å². The van der Waals surface area contributed by atoms with Gasteiger partial charge in [-0.2, -0.15) is 4.99 Å². The van der Waals surface area contributed by atoms with Crippen LogP contribution in [0.5, 0.6) is 0 Å². The molecule has 1 aromatic rings. The average Bonchev–Trinajstić information content (AvgIpc) is 3.12. The lowest BCUT2D eigenvalue weighted by Crippen LogP contribution is -2.20. The second-order valence-corrected chi connectivity index (χ2v) is 6.12. The van der Waals surface area contributed by atoms with Crippen LogP contribution in [0.2, 0.25) is 0 Å². The van der Waals surface area contributed by atoms with E-state index in [1.807, 2.05) is 0 Å². The van der Waals surface area contributed by atoms with Crippen molar-refractivity contribution in [3.8, 4) is 0 Å². The third-order valence-electron chi connectivity index (χ3n) is 4.79. The maximum atomic E-state index is 10.7. The van der Waals surface area contributed by atoms with Crippen molar-refractivity contribution in [2.24, 2.45) is 4.99 Å². The van der Waals surface area contributed by atoms with Gasteiger partial charge in [0.05, 0.1) is 5.54 Å². The Morgan fingerprint density at radius 3 is 2.30 bits per heavy atom. The van der Waals surface area contributed by atoms with Crippen LogP contribution in [-0.4, -0.2) is 24.1 Å². The van der Waals surface area contributed by atoms with E-state index >= 15 is 0 Å². The van der Waals surface area contributed by atoms with Gasteiger partial charge < -0.3 is 0 Å². The standard InChI is InChI=1S/C17H22N2O/c20-14-18-17(9-1-2-10-17)16-7-5-15(6-8-16)13-19-11-3-4-12-19/h5-8H,1-4,9-13H2. The molecule has 1 heterocycles. The van der Waals surface area contributed by atoms with Gasteiger partial charge in [0.15, 0.2) is 0 Å². The molecule has 2 aliphatic rings. The van der Waals surface area contributed by atoms with Crippen molar-refractivity contribution in [2.45, 2.75) is 50.6 Å². The molecule has 106 valence electrons. The first-order valence-electron chi connectivity index (χ1n) is 7.73. The fraction of sp³-hybridized carbons (Fsp3) is 0.588. The molecule has 0 spiro atoms. The second kappa shape index (κ2) is 5.90. The van der Waals surface area contributed by atoms with Crippen molar-refractivity contribution in [2.75, 3.05) is 13.1 Å². The number of likely N-dealkylation sites (tertiary alicyclic amines) is 1. The molecule has 20 heavy (non-hydrogen) atoms. The highest BCUT2D eigenvalue weighted by atomic mass is 16.1. The summed E-state index contributed by atoms with van der Waals surface area (Å²) in [5.74, 6) is 0. The zero-order valence-corrected chi connectivity index (χ0v) is 12.0. The van der Waals surface area contributed by atoms with Gasteiger partial charge in [0.2, 0.25) is 6.08 Å². The highest BCUT2D eigenvalue weighted by Crippen LogP contribution is 2.42. The Balaban J connectivity index is 1.76. The highest BCUT2D eigenvalue weighted by molar-refractivity contribution is 5.39. The third-order valence-corrected chi connectivity index (χ3v) is 4.79. The molecule has 0 amide bonds. The van der Waals surface area contributed by atoms with Crippen molar-refractivity contribution in [1.82, 2.24) is 4.90 Å². The van der Waals surface area contributed by atoms with Crippen LogP contribution in [0, 0.1) is 0 Å². The fourth-order valence-electron chi connectivity index (χ4n) is 3.63. The van der Waals surface area contributed by atoms with Crippen LogP contribution in [0.25, 0.3) is 0 Å². The molecule has 0 atom stereocenters. The Morgan fingerprint density at radius 2 is 1.70 bits per heavy atom. The number of isocyanates is 1. The fourth-order valence-corrected chi connectivity index (χ4v) is 3.63. The first-order valence-corrected chi connectivity index (χ1v) is 7.73. The molecule has 0 bridgehead atoms. The summed E-state index contributed by atoms with van der Waals surface area (Å²) >= 11 is 0. The van der Waals surface area contributed by atoms with Crippen LogP contribution in [0.4, 0.5) is 0 Å². The van der Waals surface area contributed by atoms with E-state index in [2.05, 4.69) is 34.2 Å². The van der Waals surface area contributed by atoms with Crippen molar-refractivity contribution in [1.29, 1.82) is 0 Å². The summed E-state index contributed by atoms with van der Waals surface area (Å²) in [4.78, 5) is 17.4. The summed E-state index contributed by atoms with van der Waals surface area (Å²) in [6.07, 6.45) is 8.71. The molecule has 3 heteroatoms. The second-order valence-electron chi connectivity index (χ2n) is 6.12.